The number of fused-ring (bicyclic) bond motifs is 1. The molecule has 8 nitrogen and oxygen atoms in total. The lowest BCUT2D eigenvalue weighted by Crippen LogP contribution is -2.61. The van der Waals surface area contributed by atoms with Crippen LogP contribution in [0.5, 0.6) is 0 Å². The first-order valence-corrected chi connectivity index (χ1v) is 9.22. The highest BCUT2D eigenvalue weighted by molar-refractivity contribution is 7.92. The Labute approximate surface area is 140 Å². The number of carboxylic acid groups (broad SMARTS) is 1. The van der Waals surface area contributed by atoms with Crippen LogP contribution in [0.15, 0.2) is 24.3 Å². The van der Waals surface area contributed by atoms with Gasteiger partial charge < -0.3 is 20.1 Å². The summed E-state index contributed by atoms with van der Waals surface area (Å²) in [4.78, 5) is 21.8. The highest BCUT2D eigenvalue weighted by Crippen LogP contribution is 2.32. The third-order valence-corrected chi connectivity index (χ3v) is 5.67. The molecule has 1 unspecified atom stereocenters. The number of nitrogens with zero attached hydrogens (tertiary/aromatic N) is 1. The maximum atomic E-state index is 11.8. The first-order valence-electron chi connectivity index (χ1n) is 7.33. The van der Waals surface area contributed by atoms with Gasteiger partial charge in [0.05, 0.1) is 13.2 Å². The van der Waals surface area contributed by atoms with Crippen LogP contribution in [0.25, 0.3) is 11.1 Å². The average Bonchev–Trinajstić information content (AvgIpc) is 3.13. The van der Waals surface area contributed by atoms with Gasteiger partial charge in [0, 0.05) is 19.3 Å². The van der Waals surface area contributed by atoms with E-state index in [4.69, 9.17) is 9.84 Å². The molecule has 0 spiro atoms. The van der Waals surface area contributed by atoms with E-state index in [2.05, 4.69) is 24.3 Å². The molecular formula is C15H20N2O6S. The molecule has 1 atom stereocenters. The molecule has 1 saturated heterocycles. The van der Waals surface area contributed by atoms with Gasteiger partial charge in [0.2, 0.25) is 4.87 Å². The second-order valence-corrected chi connectivity index (χ2v) is 8.08. The van der Waals surface area contributed by atoms with Crippen molar-refractivity contribution < 1.29 is 27.9 Å². The van der Waals surface area contributed by atoms with Crippen LogP contribution in [-0.2, 0) is 19.4 Å². The molecule has 0 bridgehead atoms. The standard InChI is InChI=1S/C9H16N2O6S.C6H4/c1-9(7(12)13,18(2,15)16)10-8(14)11-3-5-17-6-4-11;1-2-5-4-6(5)3-1/h3-6H2,1-2H3,(H,10,14)(H,12,13);1-4H. The Kier molecular flexibility index (Phi) is 5.14. The Hall–Kier alpha value is -2.13. The largest absolute Gasteiger partial charge is 0.479 e. The summed E-state index contributed by atoms with van der Waals surface area (Å²) in [5.41, 5.74) is 2.85. The van der Waals surface area contributed by atoms with Crippen molar-refractivity contribution >= 4 is 21.8 Å². The van der Waals surface area contributed by atoms with Crippen LogP contribution in [0.2, 0.25) is 0 Å². The van der Waals surface area contributed by atoms with Crippen molar-refractivity contribution in [2.24, 2.45) is 0 Å². The summed E-state index contributed by atoms with van der Waals surface area (Å²) in [7, 11) is -3.99. The third-order valence-electron chi connectivity index (χ3n) is 3.91. The van der Waals surface area contributed by atoms with Gasteiger partial charge in [-0.1, -0.05) is 18.2 Å². The topological polar surface area (TPSA) is 113 Å². The molecule has 3 aliphatic rings. The Morgan fingerprint density at radius 1 is 1.25 bits per heavy atom. The molecule has 1 fully saturated rings. The van der Waals surface area contributed by atoms with Crippen molar-refractivity contribution in [3.63, 3.8) is 0 Å². The number of urea groups is 1. The van der Waals surface area contributed by atoms with Gasteiger partial charge in [-0.2, -0.15) is 0 Å². The fourth-order valence-corrected chi connectivity index (χ4v) is 2.62. The van der Waals surface area contributed by atoms with Gasteiger partial charge in [0.25, 0.3) is 0 Å². The Morgan fingerprint density at radius 3 is 2.12 bits per heavy atom. The predicted octanol–water partition coefficient (Wildman–Crippen LogP) is 0.541. The van der Waals surface area contributed by atoms with Crippen molar-refractivity contribution in [1.29, 1.82) is 0 Å². The monoisotopic (exact) mass is 356 g/mol. The molecule has 9 heteroatoms. The van der Waals surface area contributed by atoms with Crippen molar-refractivity contribution in [3.8, 4) is 11.1 Å². The second-order valence-electron chi connectivity index (χ2n) is 5.72. The Bertz CT molecular complexity index is 725. The van der Waals surface area contributed by atoms with Gasteiger partial charge in [-0.05, 0) is 24.1 Å². The maximum absolute atomic E-state index is 11.8. The van der Waals surface area contributed by atoms with Gasteiger partial charge in [-0.25, -0.2) is 18.0 Å². The number of amides is 2. The molecule has 2 aliphatic carbocycles. The van der Waals surface area contributed by atoms with Crippen LogP contribution >= 0.6 is 0 Å². The number of hydrogen-bond acceptors (Lipinski definition) is 5. The van der Waals surface area contributed by atoms with Crippen molar-refractivity contribution in [2.75, 3.05) is 32.6 Å². The molecule has 1 aliphatic heterocycles. The van der Waals surface area contributed by atoms with Crippen LogP contribution in [0.1, 0.15) is 6.92 Å². The number of hydrogen-bond donors (Lipinski definition) is 2. The molecule has 1 heterocycles. The number of aliphatic carboxylic acids is 1. The number of carbonyl (C=O) groups is 2. The summed E-state index contributed by atoms with van der Waals surface area (Å²) < 4.78 is 28.0. The van der Waals surface area contributed by atoms with E-state index in [1.165, 1.54) is 16.0 Å². The minimum absolute atomic E-state index is 0.297. The number of carbonyl (C=O) groups excluding carboxylic acids is 1. The molecule has 0 radical (unpaired) electrons. The molecule has 0 aromatic heterocycles. The van der Waals surface area contributed by atoms with E-state index >= 15 is 0 Å². The zero-order valence-electron chi connectivity index (χ0n) is 13.5. The summed E-state index contributed by atoms with van der Waals surface area (Å²) in [6.45, 7) is 2.23. The summed E-state index contributed by atoms with van der Waals surface area (Å²) in [5, 5.41) is 11.0. The fourth-order valence-electron chi connectivity index (χ4n) is 2.03. The zero-order valence-corrected chi connectivity index (χ0v) is 14.3. The normalized spacial score (nSPS) is 17.8. The lowest BCUT2D eigenvalue weighted by atomic mass is 10.3. The molecule has 3 rings (SSSR count). The number of sulfone groups is 1. The van der Waals surface area contributed by atoms with E-state index in [0.29, 0.717) is 26.3 Å². The molecule has 132 valence electrons. The third kappa shape index (κ3) is 4.04. The van der Waals surface area contributed by atoms with Gasteiger partial charge >= 0.3 is 12.0 Å². The molecule has 0 aromatic carbocycles. The van der Waals surface area contributed by atoms with Crippen molar-refractivity contribution in [2.45, 2.75) is 11.8 Å². The first-order chi connectivity index (χ1) is 11.1. The molecule has 0 saturated carbocycles. The lowest BCUT2D eigenvalue weighted by Gasteiger charge is -2.31. The number of benzene rings is 1. The number of carboxylic acids is 1. The van der Waals surface area contributed by atoms with E-state index in [1.54, 1.807) is 0 Å². The Balaban J connectivity index is 0.000000282. The van der Waals surface area contributed by atoms with E-state index in [-0.39, 0.29) is 0 Å². The maximum Gasteiger partial charge on any atom is 0.345 e. The zero-order chi connectivity index (χ0) is 18.0. The summed E-state index contributed by atoms with van der Waals surface area (Å²) in [5.74, 6) is -1.62. The minimum Gasteiger partial charge on any atom is -0.479 e. The van der Waals surface area contributed by atoms with E-state index in [0.717, 1.165) is 13.2 Å². The SMILES string of the molecule is CC(NC(=O)N1CCOCC1)(C(=O)O)S(C)(=O)=O.c1cc2cc-2c1. The highest BCUT2D eigenvalue weighted by Gasteiger charge is 2.46. The van der Waals surface area contributed by atoms with Crippen molar-refractivity contribution in [1.82, 2.24) is 10.2 Å². The van der Waals surface area contributed by atoms with Crippen LogP contribution in [0.4, 0.5) is 4.79 Å². The van der Waals surface area contributed by atoms with Gasteiger partial charge in [-0.15, -0.1) is 0 Å². The van der Waals surface area contributed by atoms with E-state index in [1.807, 2.05) is 5.32 Å². The van der Waals surface area contributed by atoms with Crippen LogP contribution in [0, 0.1) is 0 Å². The van der Waals surface area contributed by atoms with Gasteiger partial charge in [-0.3, -0.25) is 0 Å². The van der Waals surface area contributed by atoms with Crippen LogP contribution in [-0.4, -0.2) is 67.9 Å². The summed E-state index contributed by atoms with van der Waals surface area (Å²) in [6.07, 6.45) is 0.765. The number of morpholine rings is 1. The Morgan fingerprint density at radius 2 is 1.79 bits per heavy atom. The molecule has 24 heavy (non-hydrogen) atoms. The molecule has 2 N–H and O–H groups in total. The van der Waals surface area contributed by atoms with Gasteiger partial charge in [0.15, 0.2) is 9.84 Å². The van der Waals surface area contributed by atoms with E-state index in [9.17, 15) is 18.0 Å². The first kappa shape index (κ1) is 18.2. The summed E-state index contributed by atoms with van der Waals surface area (Å²) in [6, 6.07) is 7.75. The highest BCUT2D eigenvalue weighted by atomic mass is 32.2. The number of rotatable bonds is 3. The average molecular weight is 356 g/mol. The minimum atomic E-state index is -3.99. The van der Waals surface area contributed by atoms with Crippen LogP contribution < -0.4 is 5.32 Å². The quantitative estimate of drug-likeness (QED) is 0.830. The lowest BCUT2D eigenvalue weighted by molar-refractivity contribution is -0.140. The number of ether oxygens (including phenoxy) is 1. The molecule has 0 aromatic rings. The van der Waals surface area contributed by atoms with E-state index < -0.39 is 26.7 Å². The molecule has 2 amide bonds. The smallest absolute Gasteiger partial charge is 0.345 e. The summed E-state index contributed by atoms with van der Waals surface area (Å²) >= 11 is 0. The van der Waals surface area contributed by atoms with Crippen LogP contribution in [0.3, 0.4) is 0 Å². The molecular weight excluding hydrogens is 336 g/mol. The van der Waals surface area contributed by atoms with Gasteiger partial charge in [0.1, 0.15) is 0 Å². The second kappa shape index (κ2) is 6.78. The van der Waals surface area contributed by atoms with Crippen molar-refractivity contribution in [3.05, 3.63) is 24.3 Å². The predicted molar refractivity (Wildman–Crippen MR) is 87.2 cm³/mol. The number of nitrogens with one attached hydrogen (secondary N) is 1. The fraction of sp³-hybridized carbons (Fsp3) is 0.467.